The predicted molar refractivity (Wildman–Crippen MR) is 102 cm³/mol. The van der Waals surface area contributed by atoms with Crippen molar-refractivity contribution in [1.29, 1.82) is 0 Å². The zero-order chi connectivity index (χ0) is 17.5. The molecule has 6 heteroatoms. The molecule has 0 aliphatic heterocycles. The number of guanidine groups is 1. The van der Waals surface area contributed by atoms with Crippen LogP contribution in [-0.4, -0.2) is 36.3 Å². The molecule has 1 fully saturated rings. The summed E-state index contributed by atoms with van der Waals surface area (Å²) >= 11 is 12.6. The number of aliphatic hydroxyl groups is 1. The Kier molecular flexibility index (Phi) is 7.66. The first-order chi connectivity index (χ1) is 11.5. The lowest BCUT2D eigenvalue weighted by Crippen LogP contribution is -2.45. The first kappa shape index (κ1) is 19.4. The van der Waals surface area contributed by atoms with Crippen LogP contribution in [0.3, 0.4) is 0 Å². The van der Waals surface area contributed by atoms with E-state index in [0.717, 1.165) is 43.8 Å². The van der Waals surface area contributed by atoms with Gasteiger partial charge < -0.3 is 15.7 Å². The SMILES string of the molecule is CCNC(=NCC(C)c1c(Cl)cccc1Cl)NC1CCC(O)CC1. The lowest BCUT2D eigenvalue weighted by molar-refractivity contribution is 0.120. The Balaban J connectivity index is 1.99. The molecule has 1 aliphatic carbocycles. The molecule has 0 radical (unpaired) electrons. The van der Waals surface area contributed by atoms with Crippen LogP contribution < -0.4 is 10.6 Å². The fraction of sp³-hybridized carbons (Fsp3) is 0.611. The number of halogens is 2. The second kappa shape index (κ2) is 9.50. The van der Waals surface area contributed by atoms with Gasteiger partial charge in [0.15, 0.2) is 5.96 Å². The van der Waals surface area contributed by atoms with E-state index in [-0.39, 0.29) is 12.0 Å². The number of aliphatic imine (C=N–C) groups is 1. The summed E-state index contributed by atoms with van der Waals surface area (Å²) in [6.07, 6.45) is 3.49. The van der Waals surface area contributed by atoms with Crippen LogP contribution in [0.5, 0.6) is 0 Å². The van der Waals surface area contributed by atoms with E-state index in [1.54, 1.807) is 0 Å². The lowest BCUT2D eigenvalue weighted by Gasteiger charge is -2.27. The minimum absolute atomic E-state index is 0.134. The summed E-state index contributed by atoms with van der Waals surface area (Å²) in [4.78, 5) is 4.70. The molecule has 1 aromatic carbocycles. The quantitative estimate of drug-likeness (QED) is 0.542. The highest BCUT2D eigenvalue weighted by Crippen LogP contribution is 2.31. The number of rotatable bonds is 5. The van der Waals surface area contributed by atoms with Crippen LogP contribution in [-0.2, 0) is 0 Å². The Labute approximate surface area is 154 Å². The van der Waals surface area contributed by atoms with Gasteiger partial charge in [-0.1, -0.05) is 36.2 Å². The molecule has 0 aromatic heterocycles. The van der Waals surface area contributed by atoms with Crippen LogP contribution in [0.2, 0.25) is 10.0 Å². The van der Waals surface area contributed by atoms with Crippen molar-refractivity contribution in [3.8, 4) is 0 Å². The molecule has 1 aliphatic rings. The van der Waals surface area contributed by atoms with Crippen molar-refractivity contribution < 1.29 is 5.11 Å². The van der Waals surface area contributed by atoms with Crippen molar-refractivity contribution in [3.63, 3.8) is 0 Å². The summed E-state index contributed by atoms with van der Waals surface area (Å²) < 4.78 is 0. The van der Waals surface area contributed by atoms with Crippen LogP contribution in [0.4, 0.5) is 0 Å². The molecule has 4 nitrogen and oxygen atoms in total. The fourth-order valence-corrected chi connectivity index (χ4v) is 3.80. The van der Waals surface area contributed by atoms with Crippen molar-refractivity contribution in [2.75, 3.05) is 13.1 Å². The largest absolute Gasteiger partial charge is 0.393 e. The fourth-order valence-electron chi connectivity index (χ4n) is 3.03. The predicted octanol–water partition coefficient (Wildman–Crippen LogP) is 3.96. The molecule has 1 atom stereocenters. The van der Waals surface area contributed by atoms with E-state index in [2.05, 4.69) is 24.5 Å². The monoisotopic (exact) mass is 371 g/mol. The van der Waals surface area contributed by atoms with Crippen LogP contribution in [0.25, 0.3) is 0 Å². The lowest BCUT2D eigenvalue weighted by atomic mass is 9.93. The average Bonchev–Trinajstić information content (AvgIpc) is 2.55. The van der Waals surface area contributed by atoms with Gasteiger partial charge in [-0.15, -0.1) is 0 Å². The van der Waals surface area contributed by atoms with E-state index < -0.39 is 0 Å². The van der Waals surface area contributed by atoms with E-state index in [1.807, 2.05) is 18.2 Å². The summed E-state index contributed by atoms with van der Waals surface area (Å²) in [7, 11) is 0. The van der Waals surface area contributed by atoms with E-state index in [9.17, 15) is 5.11 Å². The van der Waals surface area contributed by atoms with E-state index in [0.29, 0.717) is 22.6 Å². The van der Waals surface area contributed by atoms with Crippen LogP contribution >= 0.6 is 23.2 Å². The molecular weight excluding hydrogens is 345 g/mol. The molecule has 0 amide bonds. The highest BCUT2D eigenvalue weighted by molar-refractivity contribution is 6.36. The first-order valence-corrected chi connectivity index (χ1v) is 9.43. The molecule has 0 spiro atoms. The molecule has 1 saturated carbocycles. The summed E-state index contributed by atoms with van der Waals surface area (Å²) in [5, 5.41) is 17.8. The molecule has 0 bridgehead atoms. The topological polar surface area (TPSA) is 56.7 Å². The van der Waals surface area contributed by atoms with E-state index >= 15 is 0 Å². The second-order valence-corrected chi connectivity index (χ2v) is 7.22. The third kappa shape index (κ3) is 5.54. The number of hydrogen-bond donors (Lipinski definition) is 3. The molecule has 1 aromatic rings. The molecule has 0 heterocycles. The Morgan fingerprint density at radius 1 is 1.25 bits per heavy atom. The van der Waals surface area contributed by atoms with Crippen molar-refractivity contribution in [2.45, 2.75) is 57.6 Å². The van der Waals surface area contributed by atoms with Gasteiger partial charge in [0.2, 0.25) is 0 Å². The Hall–Kier alpha value is -0.970. The van der Waals surface area contributed by atoms with Gasteiger partial charge in [0.05, 0.1) is 6.10 Å². The van der Waals surface area contributed by atoms with Crippen molar-refractivity contribution in [3.05, 3.63) is 33.8 Å². The molecule has 3 N–H and O–H groups in total. The Morgan fingerprint density at radius 3 is 2.46 bits per heavy atom. The summed E-state index contributed by atoms with van der Waals surface area (Å²) in [5.41, 5.74) is 0.946. The van der Waals surface area contributed by atoms with Crippen molar-refractivity contribution in [1.82, 2.24) is 10.6 Å². The average molecular weight is 372 g/mol. The Morgan fingerprint density at radius 2 is 1.88 bits per heavy atom. The van der Waals surface area contributed by atoms with Gasteiger partial charge in [-0.25, -0.2) is 0 Å². The number of aliphatic hydroxyl groups excluding tert-OH is 1. The highest BCUT2D eigenvalue weighted by Gasteiger charge is 2.20. The number of nitrogens with one attached hydrogen (secondary N) is 2. The maximum atomic E-state index is 9.62. The minimum atomic E-state index is -0.148. The maximum Gasteiger partial charge on any atom is 0.191 e. The van der Waals surface area contributed by atoms with Gasteiger partial charge in [0, 0.05) is 35.1 Å². The summed E-state index contributed by atoms with van der Waals surface area (Å²) in [6.45, 7) is 5.55. The molecule has 0 saturated heterocycles. The zero-order valence-electron chi connectivity index (χ0n) is 14.4. The number of benzene rings is 1. The highest BCUT2D eigenvalue weighted by atomic mass is 35.5. The third-order valence-electron chi connectivity index (χ3n) is 4.40. The van der Waals surface area contributed by atoms with Crippen LogP contribution in [0.1, 0.15) is 51.0 Å². The van der Waals surface area contributed by atoms with Gasteiger partial charge in [-0.05, 0) is 50.3 Å². The zero-order valence-corrected chi connectivity index (χ0v) is 15.9. The van der Waals surface area contributed by atoms with E-state index in [1.165, 1.54) is 0 Å². The molecule has 2 rings (SSSR count). The molecule has 134 valence electrons. The normalized spacial score (nSPS) is 23.0. The van der Waals surface area contributed by atoms with Gasteiger partial charge in [-0.3, -0.25) is 4.99 Å². The molecular formula is C18H27Cl2N3O. The second-order valence-electron chi connectivity index (χ2n) is 6.41. The van der Waals surface area contributed by atoms with Crippen LogP contribution in [0, 0.1) is 0 Å². The van der Waals surface area contributed by atoms with Crippen molar-refractivity contribution >= 4 is 29.2 Å². The van der Waals surface area contributed by atoms with E-state index in [4.69, 9.17) is 28.2 Å². The molecule has 24 heavy (non-hydrogen) atoms. The number of nitrogens with zero attached hydrogens (tertiary/aromatic N) is 1. The van der Waals surface area contributed by atoms with Crippen LogP contribution in [0.15, 0.2) is 23.2 Å². The molecule has 1 unspecified atom stereocenters. The number of hydrogen-bond acceptors (Lipinski definition) is 2. The van der Waals surface area contributed by atoms with Gasteiger partial charge >= 0.3 is 0 Å². The Bertz CT molecular complexity index is 537. The van der Waals surface area contributed by atoms with Gasteiger partial charge in [-0.2, -0.15) is 0 Å². The smallest absolute Gasteiger partial charge is 0.191 e. The van der Waals surface area contributed by atoms with Gasteiger partial charge in [0.25, 0.3) is 0 Å². The van der Waals surface area contributed by atoms with Crippen molar-refractivity contribution in [2.24, 2.45) is 4.99 Å². The summed E-state index contributed by atoms with van der Waals surface area (Å²) in [5.74, 6) is 0.948. The minimum Gasteiger partial charge on any atom is -0.393 e. The first-order valence-electron chi connectivity index (χ1n) is 8.68. The third-order valence-corrected chi connectivity index (χ3v) is 5.06. The maximum absolute atomic E-state index is 9.62. The van der Waals surface area contributed by atoms with Gasteiger partial charge in [0.1, 0.15) is 0 Å². The standard InChI is InChI=1S/C18H27Cl2N3O/c1-3-21-18(23-13-7-9-14(24)10-8-13)22-11-12(2)17-15(19)5-4-6-16(17)20/h4-6,12-14,24H,3,7-11H2,1-2H3,(H2,21,22,23). The summed E-state index contributed by atoms with van der Waals surface area (Å²) in [6, 6.07) is 5.94.